The lowest BCUT2D eigenvalue weighted by Gasteiger charge is -1.99. The van der Waals surface area contributed by atoms with Gasteiger partial charge in [-0.05, 0) is 12.1 Å². The highest BCUT2D eigenvalue weighted by molar-refractivity contribution is 6.45. The molecule has 1 rings (SSSR count). The lowest BCUT2D eigenvalue weighted by atomic mass is 10.3. The minimum Gasteiger partial charge on any atom is -0.382 e. The van der Waals surface area contributed by atoms with E-state index in [1.807, 2.05) is 18.2 Å². The topological polar surface area (TPSA) is 98.0 Å². The van der Waals surface area contributed by atoms with Crippen LogP contribution in [-0.2, 0) is 0 Å². The zero-order chi connectivity index (χ0) is 10.4. The van der Waals surface area contributed by atoms with Crippen LogP contribution in [0.25, 0.3) is 0 Å². The number of benzene rings is 1. The van der Waals surface area contributed by atoms with Crippen molar-refractivity contribution in [2.45, 2.75) is 0 Å². The molecule has 5 heteroatoms. The van der Waals surface area contributed by atoms with Crippen molar-refractivity contribution in [3.8, 4) is 6.07 Å². The second-order valence-corrected chi connectivity index (χ2v) is 2.46. The van der Waals surface area contributed by atoms with Gasteiger partial charge < -0.3 is 5.73 Å². The molecule has 0 aliphatic rings. The standard InChI is InChI=1S/C9H9N5/c10-6-8(9(11)12)14-13-7-4-2-1-3-5-7/h1-5,13H,(H3,11,12)/b14-8+. The fourth-order valence-corrected chi connectivity index (χ4v) is 0.779. The quantitative estimate of drug-likeness (QED) is 0.372. The average molecular weight is 187 g/mol. The zero-order valence-corrected chi connectivity index (χ0v) is 7.36. The molecule has 5 nitrogen and oxygen atoms in total. The molecule has 0 spiro atoms. The molecule has 1 aromatic carbocycles. The highest BCUT2D eigenvalue weighted by Gasteiger charge is 1.99. The molecule has 70 valence electrons. The van der Waals surface area contributed by atoms with Gasteiger partial charge in [0.15, 0.2) is 5.84 Å². The summed E-state index contributed by atoms with van der Waals surface area (Å²) in [6, 6.07) is 10.8. The van der Waals surface area contributed by atoms with Crippen molar-refractivity contribution in [2.24, 2.45) is 10.8 Å². The number of nitriles is 1. The summed E-state index contributed by atoms with van der Waals surface area (Å²) >= 11 is 0. The number of anilines is 1. The molecular formula is C9H9N5. The van der Waals surface area contributed by atoms with E-state index in [-0.39, 0.29) is 11.5 Å². The first kappa shape index (κ1) is 9.74. The molecule has 0 aliphatic carbocycles. The number of nitrogens with two attached hydrogens (primary N) is 1. The largest absolute Gasteiger partial charge is 0.382 e. The lowest BCUT2D eigenvalue weighted by Crippen LogP contribution is -2.21. The van der Waals surface area contributed by atoms with Crippen molar-refractivity contribution in [1.29, 1.82) is 10.7 Å². The van der Waals surface area contributed by atoms with E-state index in [1.54, 1.807) is 18.2 Å². The molecule has 0 fully saturated rings. The summed E-state index contributed by atoms with van der Waals surface area (Å²) in [5, 5.41) is 19.2. The van der Waals surface area contributed by atoms with Gasteiger partial charge in [0.05, 0.1) is 5.69 Å². The zero-order valence-electron chi connectivity index (χ0n) is 7.36. The maximum atomic E-state index is 8.53. The normalized spacial score (nSPS) is 10.4. The monoisotopic (exact) mass is 187 g/mol. The Hall–Kier alpha value is -2.35. The van der Waals surface area contributed by atoms with E-state index in [1.165, 1.54) is 0 Å². The van der Waals surface area contributed by atoms with E-state index in [9.17, 15) is 0 Å². The van der Waals surface area contributed by atoms with Crippen molar-refractivity contribution >= 4 is 17.2 Å². The van der Waals surface area contributed by atoms with Crippen LogP contribution in [0.5, 0.6) is 0 Å². The third kappa shape index (κ3) is 2.60. The van der Waals surface area contributed by atoms with Gasteiger partial charge in [0.1, 0.15) is 6.07 Å². The minimum absolute atomic E-state index is 0.131. The third-order valence-electron chi connectivity index (χ3n) is 1.43. The highest BCUT2D eigenvalue weighted by Crippen LogP contribution is 2.04. The molecule has 0 saturated heterocycles. The van der Waals surface area contributed by atoms with Gasteiger partial charge in [-0.15, -0.1) is 0 Å². The summed E-state index contributed by atoms with van der Waals surface area (Å²) < 4.78 is 0. The predicted octanol–water partition coefficient (Wildman–Crippen LogP) is 0.914. The van der Waals surface area contributed by atoms with Gasteiger partial charge in [0, 0.05) is 0 Å². The highest BCUT2D eigenvalue weighted by atomic mass is 15.3. The molecule has 0 heterocycles. The van der Waals surface area contributed by atoms with Crippen LogP contribution in [0.4, 0.5) is 5.69 Å². The molecule has 0 atom stereocenters. The van der Waals surface area contributed by atoms with Gasteiger partial charge in [-0.25, -0.2) is 0 Å². The number of hydrazone groups is 1. The molecule has 0 aromatic heterocycles. The smallest absolute Gasteiger partial charge is 0.201 e. The molecule has 0 unspecified atom stereocenters. The predicted molar refractivity (Wildman–Crippen MR) is 55.0 cm³/mol. The van der Waals surface area contributed by atoms with Crippen LogP contribution in [-0.4, -0.2) is 11.5 Å². The first-order chi connectivity index (χ1) is 6.74. The van der Waals surface area contributed by atoms with Gasteiger partial charge in [0.2, 0.25) is 5.71 Å². The van der Waals surface area contributed by atoms with Crippen molar-refractivity contribution in [2.75, 3.05) is 5.43 Å². The Balaban J connectivity index is 2.73. The second-order valence-electron chi connectivity index (χ2n) is 2.46. The van der Waals surface area contributed by atoms with Crippen molar-refractivity contribution in [3.05, 3.63) is 30.3 Å². The Morgan fingerprint density at radius 2 is 2.07 bits per heavy atom. The van der Waals surface area contributed by atoms with Crippen LogP contribution < -0.4 is 11.2 Å². The Morgan fingerprint density at radius 3 is 2.57 bits per heavy atom. The van der Waals surface area contributed by atoms with E-state index in [0.29, 0.717) is 0 Å². The van der Waals surface area contributed by atoms with Crippen LogP contribution >= 0.6 is 0 Å². The summed E-state index contributed by atoms with van der Waals surface area (Å²) in [5.41, 5.74) is 8.33. The molecule has 0 radical (unpaired) electrons. The summed E-state index contributed by atoms with van der Waals surface area (Å²) in [6.45, 7) is 0. The van der Waals surface area contributed by atoms with Gasteiger partial charge in [-0.3, -0.25) is 10.8 Å². The fourth-order valence-electron chi connectivity index (χ4n) is 0.779. The first-order valence-electron chi connectivity index (χ1n) is 3.87. The average Bonchev–Trinajstić information content (AvgIpc) is 2.20. The van der Waals surface area contributed by atoms with Crippen molar-refractivity contribution in [1.82, 2.24) is 0 Å². The number of rotatable bonds is 3. The van der Waals surface area contributed by atoms with Crippen molar-refractivity contribution < 1.29 is 0 Å². The van der Waals surface area contributed by atoms with Crippen LogP contribution in [0.3, 0.4) is 0 Å². The maximum absolute atomic E-state index is 8.53. The SMILES string of the molecule is N#C/C(=N\Nc1ccccc1)C(=N)N. The van der Waals surface area contributed by atoms with E-state index in [4.69, 9.17) is 16.4 Å². The summed E-state index contributed by atoms with van der Waals surface area (Å²) in [6.07, 6.45) is 0. The van der Waals surface area contributed by atoms with E-state index in [2.05, 4.69) is 10.5 Å². The Kier molecular flexibility index (Phi) is 3.21. The molecule has 14 heavy (non-hydrogen) atoms. The number of amidine groups is 1. The van der Waals surface area contributed by atoms with Crippen molar-refractivity contribution in [3.63, 3.8) is 0 Å². The van der Waals surface area contributed by atoms with Crippen LogP contribution in [0.1, 0.15) is 0 Å². The Morgan fingerprint density at radius 1 is 1.43 bits per heavy atom. The Bertz CT molecular complexity index is 387. The Labute approximate surface area is 81.4 Å². The van der Waals surface area contributed by atoms with Crippen LogP contribution in [0, 0.1) is 16.7 Å². The van der Waals surface area contributed by atoms with Gasteiger partial charge in [-0.2, -0.15) is 10.4 Å². The molecule has 0 amide bonds. The lowest BCUT2D eigenvalue weighted by molar-refractivity contribution is 1.33. The van der Waals surface area contributed by atoms with Gasteiger partial charge >= 0.3 is 0 Å². The second kappa shape index (κ2) is 4.62. The first-order valence-corrected chi connectivity index (χ1v) is 3.87. The number of hydrogen-bond donors (Lipinski definition) is 3. The summed E-state index contributed by atoms with van der Waals surface area (Å²) in [5.74, 6) is -0.351. The molecule has 1 aromatic rings. The fraction of sp³-hybridized carbons (Fsp3) is 0. The number of hydrogen-bond acceptors (Lipinski definition) is 4. The summed E-state index contributed by atoms with van der Waals surface area (Å²) in [4.78, 5) is 0. The molecular weight excluding hydrogens is 178 g/mol. The van der Waals surface area contributed by atoms with Gasteiger partial charge in [0.25, 0.3) is 0 Å². The van der Waals surface area contributed by atoms with Crippen LogP contribution in [0.15, 0.2) is 35.4 Å². The van der Waals surface area contributed by atoms with Gasteiger partial charge in [-0.1, -0.05) is 18.2 Å². The summed E-state index contributed by atoms with van der Waals surface area (Å²) in [7, 11) is 0. The molecule has 0 bridgehead atoms. The maximum Gasteiger partial charge on any atom is 0.201 e. The molecule has 4 N–H and O–H groups in total. The van der Waals surface area contributed by atoms with E-state index >= 15 is 0 Å². The minimum atomic E-state index is -0.351. The molecule has 0 aliphatic heterocycles. The van der Waals surface area contributed by atoms with E-state index < -0.39 is 0 Å². The number of nitrogens with one attached hydrogen (secondary N) is 2. The third-order valence-corrected chi connectivity index (χ3v) is 1.43. The van der Waals surface area contributed by atoms with E-state index in [0.717, 1.165) is 5.69 Å². The number of para-hydroxylation sites is 1. The van der Waals surface area contributed by atoms with Crippen LogP contribution in [0.2, 0.25) is 0 Å². The molecule has 0 saturated carbocycles. The number of nitrogens with zero attached hydrogens (tertiary/aromatic N) is 2.